The molecular weight excluding hydrogens is 1090 g/mol. The highest BCUT2D eigenvalue weighted by atomic mass is 35.5. The number of hydrogen-bond acceptors (Lipinski definition) is 9. The minimum absolute atomic E-state index is 0.0337. The summed E-state index contributed by atoms with van der Waals surface area (Å²) >= 11 is 6.25. The van der Waals surface area contributed by atoms with E-state index >= 15 is 4.39 Å². The van der Waals surface area contributed by atoms with Crippen LogP contribution in [0.1, 0.15) is 192 Å². The number of likely N-dealkylation sites (tertiary alicyclic amines) is 4. The fraction of sp³-hybridized carbons (Fsp3) is 0.727. The molecule has 8 rings (SSSR count). The van der Waals surface area contributed by atoms with E-state index in [0.29, 0.717) is 43.1 Å². The van der Waals surface area contributed by atoms with Gasteiger partial charge in [0.1, 0.15) is 23.2 Å². The van der Waals surface area contributed by atoms with Gasteiger partial charge < -0.3 is 35.8 Å². The molecule has 4 heterocycles. The predicted molar refractivity (Wildman–Crippen MR) is 326 cm³/mol. The SMILES string of the molecule is CC(=O)N(C1CCC(C)(C)CC1)[C@H]1C[C@@H](C(=O)NCCN)N(C(=O)[C@@H]2CN(C(C)(C)C)C[C@H]2c2ccc(F)cc2F)C1.CC1(C)CCC(N(C(=O)C(C)(C)C)[C@H]2CN(C(=O)[C@]3(c4ccc(Cl)cc4)CCN(C(C)(C)C)C3)[C@](C)(C(=O)O)C2)CC1. The van der Waals surface area contributed by atoms with Crippen LogP contribution in [-0.2, 0) is 34.2 Å². The van der Waals surface area contributed by atoms with Crippen molar-refractivity contribution in [1.82, 2.24) is 34.7 Å². The lowest BCUT2D eigenvalue weighted by molar-refractivity contribution is -0.157. The molecule has 0 aromatic heterocycles. The quantitative estimate of drug-likeness (QED) is 0.185. The fourth-order valence-corrected chi connectivity index (χ4v) is 14.7. The summed E-state index contributed by atoms with van der Waals surface area (Å²) in [4.78, 5) is 94.6. The van der Waals surface area contributed by atoms with Crippen LogP contribution in [0.4, 0.5) is 8.78 Å². The first-order valence-corrected chi connectivity index (χ1v) is 31.4. The Balaban J connectivity index is 0.000000241. The van der Waals surface area contributed by atoms with Gasteiger partial charge in [-0.05, 0) is 153 Å². The number of carbonyl (C=O) groups is 6. The second-order valence-corrected chi connectivity index (χ2v) is 30.8. The Hall–Kier alpha value is -4.71. The van der Waals surface area contributed by atoms with Crippen LogP contribution in [0.3, 0.4) is 0 Å². The maximum atomic E-state index is 15.1. The third-order valence-electron chi connectivity index (χ3n) is 20.0. The molecule has 0 radical (unpaired) electrons. The summed E-state index contributed by atoms with van der Waals surface area (Å²) < 4.78 is 28.9. The molecule has 18 heteroatoms. The second-order valence-electron chi connectivity index (χ2n) is 30.4. The van der Waals surface area contributed by atoms with Crippen molar-refractivity contribution in [2.24, 2.45) is 27.9 Å². The highest BCUT2D eigenvalue weighted by molar-refractivity contribution is 6.30. The lowest BCUT2D eigenvalue weighted by Crippen LogP contribution is -2.58. The van der Waals surface area contributed by atoms with Gasteiger partial charge in [0.05, 0.1) is 23.4 Å². The molecule has 2 aromatic rings. The van der Waals surface area contributed by atoms with Gasteiger partial charge in [0, 0.05) is 111 Å². The minimum Gasteiger partial charge on any atom is -0.480 e. The number of halogens is 3. The van der Waals surface area contributed by atoms with E-state index in [4.69, 9.17) is 17.3 Å². The van der Waals surface area contributed by atoms with E-state index in [9.17, 15) is 38.3 Å². The van der Waals surface area contributed by atoms with Crippen LogP contribution in [-0.4, -0.2) is 169 Å². The molecule has 6 fully saturated rings. The van der Waals surface area contributed by atoms with E-state index in [0.717, 1.165) is 69.5 Å². The Bertz CT molecular complexity index is 2720. The zero-order chi connectivity index (χ0) is 62.4. The number of amides is 5. The molecule has 0 spiro atoms. The minimum atomic E-state index is -1.43. The third-order valence-corrected chi connectivity index (χ3v) is 20.3. The Labute approximate surface area is 505 Å². The lowest BCUT2D eigenvalue weighted by atomic mass is 9.74. The van der Waals surface area contributed by atoms with Crippen molar-refractivity contribution in [2.45, 2.75) is 233 Å². The number of carboxylic acids is 1. The molecule has 5 amide bonds. The molecule has 2 saturated carbocycles. The highest BCUT2D eigenvalue weighted by Gasteiger charge is 2.60. The van der Waals surface area contributed by atoms with Gasteiger partial charge in [0.25, 0.3) is 0 Å². The molecule has 2 aromatic carbocycles. The molecule has 7 atom stereocenters. The van der Waals surface area contributed by atoms with Gasteiger partial charge in [-0.3, -0.25) is 33.8 Å². The maximum Gasteiger partial charge on any atom is 0.329 e. The van der Waals surface area contributed by atoms with Gasteiger partial charge in [-0.15, -0.1) is 0 Å². The summed E-state index contributed by atoms with van der Waals surface area (Å²) in [5.41, 5.74) is 3.88. The van der Waals surface area contributed by atoms with Crippen molar-refractivity contribution in [3.05, 3.63) is 70.2 Å². The average molecular weight is 1190 g/mol. The number of carboxylic acid groups (broad SMARTS) is 1. The molecule has 0 bridgehead atoms. The predicted octanol–water partition coefficient (Wildman–Crippen LogP) is 10.0. The lowest BCUT2D eigenvalue weighted by Gasteiger charge is -2.45. The summed E-state index contributed by atoms with van der Waals surface area (Å²) in [6.45, 7) is 33.7. The van der Waals surface area contributed by atoms with Crippen LogP contribution in [0.2, 0.25) is 5.02 Å². The maximum absolute atomic E-state index is 15.1. The molecule has 4 N–H and O–H groups in total. The summed E-state index contributed by atoms with van der Waals surface area (Å²) in [6.07, 6.45) is 8.73. The summed E-state index contributed by atoms with van der Waals surface area (Å²) in [5.74, 6) is -4.22. The van der Waals surface area contributed by atoms with E-state index in [1.165, 1.54) is 12.1 Å². The topological polar surface area (TPSA) is 180 Å². The largest absolute Gasteiger partial charge is 0.480 e. The van der Waals surface area contributed by atoms with Crippen molar-refractivity contribution in [3.63, 3.8) is 0 Å². The summed E-state index contributed by atoms with van der Waals surface area (Å²) in [7, 11) is 0. The van der Waals surface area contributed by atoms with Crippen molar-refractivity contribution >= 4 is 47.1 Å². The van der Waals surface area contributed by atoms with Crippen molar-refractivity contribution in [3.8, 4) is 0 Å². The Morgan fingerprint density at radius 3 is 1.77 bits per heavy atom. The van der Waals surface area contributed by atoms with E-state index in [2.05, 4.69) is 63.6 Å². The van der Waals surface area contributed by atoms with Gasteiger partial charge in [-0.25, -0.2) is 13.6 Å². The Kier molecular flexibility index (Phi) is 20.0. The van der Waals surface area contributed by atoms with Crippen molar-refractivity contribution in [1.29, 1.82) is 0 Å². The van der Waals surface area contributed by atoms with Crippen LogP contribution < -0.4 is 11.1 Å². The molecule has 15 nitrogen and oxygen atoms in total. The molecule has 84 heavy (non-hydrogen) atoms. The smallest absolute Gasteiger partial charge is 0.329 e. The van der Waals surface area contributed by atoms with Gasteiger partial charge in [-0.2, -0.15) is 0 Å². The van der Waals surface area contributed by atoms with E-state index in [1.54, 1.807) is 23.6 Å². The van der Waals surface area contributed by atoms with Gasteiger partial charge in [0.2, 0.25) is 29.5 Å². The molecule has 4 aliphatic heterocycles. The monoisotopic (exact) mass is 1190 g/mol. The first-order valence-electron chi connectivity index (χ1n) is 31.0. The van der Waals surface area contributed by atoms with Crippen LogP contribution in [0.5, 0.6) is 0 Å². The molecule has 6 aliphatic rings. The van der Waals surface area contributed by atoms with Crippen LogP contribution in [0.15, 0.2) is 42.5 Å². The van der Waals surface area contributed by atoms with Gasteiger partial charge >= 0.3 is 5.97 Å². The van der Waals surface area contributed by atoms with Crippen LogP contribution >= 0.6 is 11.6 Å². The standard InChI is InChI=1S/C34H52ClN3O4.C32H49F2N5O3/c1-30(2,3)27(39)38(25-14-16-32(7,8)17-15-25)26-20-33(9,29(41)42)37(21-26)28(40)34(23-10-12-24(35)13-11-23)18-19-36(22-34)31(4,5)6;1-20(40)39(22-9-11-32(5,6)12-10-22)23-16-28(29(41)36-14-13-35)38(17-23)30(42)26-19-37(31(2,3)4)18-25(26)24-8-7-21(33)15-27(24)34/h10-13,25-26H,14-22H2,1-9H3,(H,41,42);7-8,15,22-23,25-26,28H,9-14,16-19,35H2,1-6H3,(H,36,41)/t26-,33+,34-;23-,25-,26+,28-/m10/s1. The van der Waals surface area contributed by atoms with E-state index < -0.39 is 51.9 Å². The summed E-state index contributed by atoms with van der Waals surface area (Å²) in [6, 6.07) is 9.64. The number of nitrogens with one attached hydrogen (secondary N) is 1. The normalized spacial score (nSPS) is 28.0. The number of carbonyl (C=O) groups excluding carboxylic acids is 5. The first kappa shape index (κ1) is 66.8. The zero-order valence-corrected chi connectivity index (χ0v) is 54.1. The molecular formula is C66H101ClF2N8O7. The van der Waals surface area contributed by atoms with E-state index in [-0.39, 0.29) is 108 Å². The Morgan fingerprint density at radius 1 is 0.726 bits per heavy atom. The van der Waals surface area contributed by atoms with Crippen LogP contribution in [0.25, 0.3) is 0 Å². The third kappa shape index (κ3) is 14.5. The number of benzene rings is 2. The molecule has 468 valence electrons. The average Bonchev–Trinajstić information content (AvgIpc) is 2.62. The number of hydrogen-bond donors (Lipinski definition) is 3. The second kappa shape index (κ2) is 25.2. The zero-order valence-electron chi connectivity index (χ0n) is 53.3. The number of nitrogens with zero attached hydrogens (tertiary/aromatic N) is 6. The Morgan fingerprint density at radius 2 is 1.29 bits per heavy atom. The van der Waals surface area contributed by atoms with Crippen molar-refractivity contribution < 1.29 is 42.7 Å². The summed E-state index contributed by atoms with van der Waals surface area (Å²) in [5, 5.41) is 14.1. The first-order chi connectivity index (χ1) is 38.8. The molecule has 2 aliphatic carbocycles. The van der Waals surface area contributed by atoms with Crippen LogP contribution in [0, 0.1) is 33.8 Å². The fourth-order valence-electron chi connectivity index (χ4n) is 14.6. The number of rotatable bonds is 12. The molecule has 4 saturated heterocycles. The molecule has 0 unspecified atom stereocenters. The number of nitrogens with two attached hydrogens (primary N) is 1. The van der Waals surface area contributed by atoms with E-state index in [1.807, 2.05) is 75.6 Å². The highest BCUT2D eigenvalue weighted by Crippen LogP contribution is 2.47. The van der Waals surface area contributed by atoms with Gasteiger partial charge in [0.15, 0.2) is 0 Å². The number of aliphatic carboxylic acids is 1. The van der Waals surface area contributed by atoms with Crippen molar-refractivity contribution in [2.75, 3.05) is 52.4 Å². The van der Waals surface area contributed by atoms with Gasteiger partial charge in [-0.1, -0.05) is 78.3 Å².